The molecule has 0 saturated carbocycles. The number of carbonyl (C=O) groups is 2. The van der Waals surface area contributed by atoms with Gasteiger partial charge in [0.25, 0.3) is 0 Å². The van der Waals surface area contributed by atoms with Crippen molar-refractivity contribution >= 4 is 11.9 Å². The zero-order chi connectivity index (χ0) is 29.4. The van der Waals surface area contributed by atoms with Crippen LogP contribution in [0.1, 0.15) is 186 Å². The van der Waals surface area contributed by atoms with Crippen LogP contribution in [0.2, 0.25) is 0 Å². The number of hydrogen-bond donors (Lipinski definition) is 4. The van der Waals surface area contributed by atoms with Gasteiger partial charge in [0.2, 0.25) is 0 Å². The maximum absolute atomic E-state index is 10.5. The molecule has 0 aliphatic heterocycles. The fourth-order valence-electron chi connectivity index (χ4n) is 5.57. The number of unbranched alkanes of at least 4 members (excludes halogenated alkanes) is 24. The Kier molecular flexibility index (Phi) is 31.5. The Morgan fingerprint density at radius 2 is 0.725 bits per heavy atom. The van der Waals surface area contributed by atoms with Crippen LogP contribution in [0.5, 0.6) is 0 Å². The van der Waals surface area contributed by atoms with Gasteiger partial charge in [0, 0.05) is 25.4 Å². The first-order chi connectivity index (χ1) is 19.6. The van der Waals surface area contributed by atoms with Crippen LogP contribution < -0.4 is 11.1 Å². The lowest BCUT2D eigenvalue weighted by Crippen LogP contribution is -2.36. The van der Waals surface area contributed by atoms with Crippen LogP contribution in [0, 0.1) is 0 Å². The van der Waals surface area contributed by atoms with Gasteiger partial charge < -0.3 is 21.3 Å². The highest BCUT2D eigenvalue weighted by Gasteiger charge is 2.05. The smallest absolute Gasteiger partial charge is 0.303 e. The van der Waals surface area contributed by atoms with Crippen LogP contribution in [0.15, 0.2) is 0 Å². The van der Waals surface area contributed by atoms with Crippen LogP contribution in [0.25, 0.3) is 0 Å². The monoisotopic (exact) mass is 569 g/mol. The summed E-state index contributed by atoms with van der Waals surface area (Å²) in [4.78, 5) is 21.0. The van der Waals surface area contributed by atoms with E-state index < -0.39 is 11.9 Å². The van der Waals surface area contributed by atoms with E-state index in [4.69, 9.17) is 15.9 Å². The molecular formula is C34H68N2O4. The number of rotatable bonds is 34. The molecule has 0 rings (SSSR count). The Hall–Kier alpha value is -1.14. The Bertz CT molecular complexity index is 544. The zero-order valence-electron chi connectivity index (χ0n) is 26.3. The molecule has 6 heteroatoms. The molecule has 0 saturated heterocycles. The third-order valence-corrected chi connectivity index (χ3v) is 8.23. The molecule has 0 aromatic carbocycles. The summed E-state index contributed by atoms with van der Waals surface area (Å²) in [6.45, 7) is 1.86. The predicted molar refractivity (Wildman–Crippen MR) is 170 cm³/mol. The van der Waals surface area contributed by atoms with Crippen molar-refractivity contribution in [2.75, 3.05) is 13.1 Å². The van der Waals surface area contributed by atoms with Crippen LogP contribution >= 0.6 is 0 Å². The molecule has 5 N–H and O–H groups in total. The minimum atomic E-state index is -0.664. The molecule has 238 valence electrons. The molecule has 0 amide bonds. The summed E-state index contributed by atoms with van der Waals surface area (Å²) >= 11 is 0. The van der Waals surface area contributed by atoms with Crippen molar-refractivity contribution < 1.29 is 19.8 Å². The molecule has 0 aromatic rings. The first-order valence-corrected chi connectivity index (χ1v) is 17.4. The van der Waals surface area contributed by atoms with Gasteiger partial charge in [-0.25, -0.2) is 0 Å². The van der Waals surface area contributed by atoms with Gasteiger partial charge in [0.05, 0.1) is 0 Å². The Morgan fingerprint density at radius 3 is 1.02 bits per heavy atom. The fourth-order valence-corrected chi connectivity index (χ4v) is 5.57. The van der Waals surface area contributed by atoms with Crippen LogP contribution in [0.3, 0.4) is 0 Å². The lowest BCUT2D eigenvalue weighted by molar-refractivity contribution is -0.138. The number of nitrogens with two attached hydrogens (primary N) is 1. The maximum Gasteiger partial charge on any atom is 0.303 e. The van der Waals surface area contributed by atoms with Crippen molar-refractivity contribution in [2.45, 2.75) is 192 Å². The second-order valence-electron chi connectivity index (χ2n) is 12.2. The van der Waals surface area contributed by atoms with Crippen molar-refractivity contribution in [2.24, 2.45) is 5.73 Å². The number of hydrogen-bond acceptors (Lipinski definition) is 4. The molecular weight excluding hydrogens is 500 g/mol. The van der Waals surface area contributed by atoms with Gasteiger partial charge >= 0.3 is 11.9 Å². The number of carboxylic acid groups (broad SMARTS) is 2. The standard InChI is InChI=1S/C34H68N2O4/c35-31-32(27-23-19-15-11-7-3-1-4-8-12-16-20-24-28-33(37)38)36-30-26-22-18-14-10-6-2-5-9-13-17-21-25-29-34(39)40/h32,36H,1-31,35H2,(H,37,38)(H,39,40). The van der Waals surface area contributed by atoms with Gasteiger partial charge in [-0.05, 0) is 32.2 Å². The summed E-state index contributed by atoms with van der Waals surface area (Å²) in [6.07, 6.45) is 34.7. The van der Waals surface area contributed by atoms with E-state index in [1.54, 1.807) is 0 Å². The summed E-state index contributed by atoms with van der Waals surface area (Å²) in [5, 5.41) is 21.0. The first-order valence-electron chi connectivity index (χ1n) is 17.4. The maximum atomic E-state index is 10.5. The average molecular weight is 569 g/mol. The molecule has 1 atom stereocenters. The highest BCUT2D eigenvalue weighted by atomic mass is 16.4. The zero-order valence-corrected chi connectivity index (χ0v) is 26.3. The van der Waals surface area contributed by atoms with Crippen molar-refractivity contribution in [1.82, 2.24) is 5.32 Å². The van der Waals surface area contributed by atoms with Crippen LogP contribution in [0.4, 0.5) is 0 Å². The second kappa shape index (κ2) is 32.4. The van der Waals surface area contributed by atoms with E-state index in [0.717, 1.165) is 38.8 Å². The normalized spacial score (nSPS) is 12.1. The minimum absolute atomic E-state index is 0.328. The average Bonchev–Trinajstić information content (AvgIpc) is 2.93. The number of nitrogens with one attached hydrogen (secondary N) is 1. The van der Waals surface area contributed by atoms with E-state index in [9.17, 15) is 9.59 Å². The van der Waals surface area contributed by atoms with Gasteiger partial charge in [-0.15, -0.1) is 0 Å². The van der Waals surface area contributed by atoms with E-state index >= 15 is 0 Å². The van der Waals surface area contributed by atoms with Gasteiger partial charge in [0.15, 0.2) is 0 Å². The van der Waals surface area contributed by atoms with Gasteiger partial charge in [-0.3, -0.25) is 9.59 Å². The van der Waals surface area contributed by atoms with E-state index in [-0.39, 0.29) is 0 Å². The molecule has 0 bridgehead atoms. The van der Waals surface area contributed by atoms with E-state index in [1.165, 1.54) is 148 Å². The molecule has 6 nitrogen and oxygen atoms in total. The summed E-state index contributed by atoms with van der Waals surface area (Å²) in [6, 6.07) is 0.487. The van der Waals surface area contributed by atoms with E-state index in [2.05, 4.69) is 5.32 Å². The minimum Gasteiger partial charge on any atom is -0.481 e. The Labute approximate surface area is 248 Å². The Morgan fingerprint density at radius 1 is 0.450 bits per heavy atom. The van der Waals surface area contributed by atoms with E-state index in [1.807, 2.05) is 0 Å². The lowest BCUT2D eigenvalue weighted by atomic mass is 10.0. The molecule has 1 unspecified atom stereocenters. The topological polar surface area (TPSA) is 113 Å². The summed E-state index contributed by atoms with van der Waals surface area (Å²) < 4.78 is 0. The van der Waals surface area contributed by atoms with Gasteiger partial charge in [0.1, 0.15) is 0 Å². The lowest BCUT2D eigenvalue weighted by Gasteiger charge is -2.16. The third kappa shape index (κ3) is 33.1. The van der Waals surface area contributed by atoms with Crippen LogP contribution in [-0.2, 0) is 9.59 Å². The number of carboxylic acids is 2. The predicted octanol–water partition coefficient (Wildman–Crippen LogP) is 9.39. The number of aliphatic carboxylic acids is 2. The summed E-state index contributed by atoms with van der Waals surface area (Å²) in [7, 11) is 0. The molecule has 0 aromatic heterocycles. The highest BCUT2D eigenvalue weighted by molar-refractivity contribution is 5.66. The van der Waals surface area contributed by atoms with Crippen molar-refractivity contribution in [3.8, 4) is 0 Å². The van der Waals surface area contributed by atoms with Gasteiger partial charge in [-0.1, -0.05) is 148 Å². The van der Waals surface area contributed by atoms with Crippen molar-refractivity contribution in [3.05, 3.63) is 0 Å². The van der Waals surface area contributed by atoms with Gasteiger partial charge in [-0.2, -0.15) is 0 Å². The first kappa shape index (κ1) is 38.9. The largest absolute Gasteiger partial charge is 0.481 e. The third-order valence-electron chi connectivity index (χ3n) is 8.23. The highest BCUT2D eigenvalue weighted by Crippen LogP contribution is 2.15. The summed E-state index contributed by atoms with van der Waals surface area (Å²) in [5.74, 6) is -1.33. The SMILES string of the molecule is NCC(CCCCCCCCCCCCCCCC(=O)O)NCCCCCCCCCCCCCCCC(=O)O. The Balaban J connectivity index is 3.27. The molecule has 40 heavy (non-hydrogen) atoms. The molecule has 0 heterocycles. The van der Waals surface area contributed by atoms with Crippen molar-refractivity contribution in [1.29, 1.82) is 0 Å². The van der Waals surface area contributed by atoms with E-state index in [0.29, 0.717) is 18.9 Å². The molecule has 0 spiro atoms. The molecule has 0 radical (unpaired) electrons. The fraction of sp³-hybridized carbons (Fsp3) is 0.941. The molecule has 0 aliphatic carbocycles. The van der Waals surface area contributed by atoms with Crippen molar-refractivity contribution in [3.63, 3.8) is 0 Å². The molecule has 0 aliphatic rings. The van der Waals surface area contributed by atoms with Crippen LogP contribution in [-0.4, -0.2) is 41.3 Å². The quantitative estimate of drug-likeness (QED) is 0.0575. The second-order valence-corrected chi connectivity index (χ2v) is 12.2. The molecule has 0 fully saturated rings. The summed E-state index contributed by atoms with van der Waals surface area (Å²) in [5.41, 5.74) is 6.00.